The fourth-order valence-corrected chi connectivity index (χ4v) is 0.657. The van der Waals surface area contributed by atoms with Gasteiger partial charge in [-0.1, -0.05) is 6.08 Å². The van der Waals surface area contributed by atoms with E-state index in [1.54, 1.807) is 13.3 Å². The molecule has 0 aromatic carbocycles. The summed E-state index contributed by atoms with van der Waals surface area (Å²) in [5, 5.41) is 2.92. The maximum Gasteiger partial charge on any atom is 0.188 e. The Morgan fingerprint density at radius 1 is 1.45 bits per heavy atom. The first-order chi connectivity index (χ1) is 5.43. The first-order valence-electron chi connectivity index (χ1n) is 3.34. The molecule has 0 aromatic heterocycles. The molecule has 60 valence electrons. The number of methoxy groups -OCH3 is 1. The summed E-state index contributed by atoms with van der Waals surface area (Å²) in [7, 11) is 1.59. The third-order valence-corrected chi connectivity index (χ3v) is 1.13. The monoisotopic (exact) mass is 153 g/mol. The summed E-state index contributed by atoms with van der Waals surface area (Å²) in [6.45, 7) is 0.276. The summed E-state index contributed by atoms with van der Waals surface area (Å²) in [6.07, 6.45) is 9.22. The van der Waals surface area contributed by atoms with E-state index < -0.39 is 0 Å². The lowest BCUT2D eigenvalue weighted by Crippen LogP contribution is -1.98. The van der Waals surface area contributed by atoms with Gasteiger partial charge in [0.25, 0.3) is 0 Å². The Bertz CT molecular complexity index is 194. The number of ether oxygens (including phenoxy) is 2. The van der Waals surface area contributed by atoms with Crippen LogP contribution < -0.4 is 5.32 Å². The van der Waals surface area contributed by atoms with Gasteiger partial charge in [-0.3, -0.25) is 0 Å². The molecule has 0 radical (unpaired) electrons. The highest BCUT2D eigenvalue weighted by atomic mass is 16.7. The average molecular weight is 153 g/mol. The van der Waals surface area contributed by atoms with Crippen LogP contribution in [0.5, 0.6) is 0 Å². The highest BCUT2D eigenvalue weighted by Gasteiger charge is 1.91. The zero-order valence-electron chi connectivity index (χ0n) is 6.41. The molecule has 3 nitrogen and oxygen atoms in total. The van der Waals surface area contributed by atoms with Gasteiger partial charge < -0.3 is 14.8 Å². The molecule has 0 unspecified atom stereocenters. The number of hydrogen-bond donors (Lipinski definition) is 1. The number of allylic oxidation sites excluding steroid dienone is 3. The van der Waals surface area contributed by atoms with E-state index in [-0.39, 0.29) is 6.79 Å². The van der Waals surface area contributed by atoms with Crippen LogP contribution in [-0.4, -0.2) is 13.9 Å². The molecule has 1 rings (SSSR count). The summed E-state index contributed by atoms with van der Waals surface area (Å²) in [6, 6.07) is 0. The van der Waals surface area contributed by atoms with Crippen LogP contribution in [0.15, 0.2) is 36.4 Å². The van der Waals surface area contributed by atoms with Crippen LogP contribution >= 0.6 is 0 Å². The summed E-state index contributed by atoms with van der Waals surface area (Å²) in [5.41, 5.74) is 0. The minimum Gasteiger partial charge on any atom is -0.466 e. The Morgan fingerprint density at radius 3 is 3.18 bits per heavy atom. The van der Waals surface area contributed by atoms with Gasteiger partial charge in [0.1, 0.15) is 5.76 Å². The van der Waals surface area contributed by atoms with Gasteiger partial charge in [-0.05, 0) is 12.2 Å². The van der Waals surface area contributed by atoms with Crippen LogP contribution in [0.4, 0.5) is 0 Å². The fourth-order valence-electron chi connectivity index (χ4n) is 0.657. The van der Waals surface area contributed by atoms with E-state index in [0.29, 0.717) is 0 Å². The summed E-state index contributed by atoms with van der Waals surface area (Å²) < 4.78 is 9.90. The van der Waals surface area contributed by atoms with Crippen molar-refractivity contribution in [3.05, 3.63) is 36.4 Å². The average Bonchev–Trinajstić information content (AvgIpc) is 2.28. The molecule has 0 spiro atoms. The molecule has 1 aliphatic heterocycles. The van der Waals surface area contributed by atoms with Crippen molar-refractivity contribution in [2.24, 2.45) is 0 Å². The number of rotatable bonds is 3. The second kappa shape index (κ2) is 4.57. The molecular formula is C8H11NO2. The van der Waals surface area contributed by atoms with E-state index >= 15 is 0 Å². The molecule has 0 saturated heterocycles. The Labute approximate surface area is 66.0 Å². The Morgan fingerprint density at radius 2 is 2.36 bits per heavy atom. The fraction of sp³-hybridized carbons (Fsp3) is 0.250. The van der Waals surface area contributed by atoms with Crippen LogP contribution in [0.25, 0.3) is 0 Å². The van der Waals surface area contributed by atoms with Gasteiger partial charge in [0.15, 0.2) is 6.79 Å². The molecule has 0 aromatic rings. The lowest BCUT2D eigenvalue weighted by atomic mass is 10.4. The van der Waals surface area contributed by atoms with E-state index in [9.17, 15) is 0 Å². The molecule has 1 N–H and O–H groups in total. The molecule has 0 amide bonds. The zero-order valence-corrected chi connectivity index (χ0v) is 6.41. The molecule has 3 heteroatoms. The lowest BCUT2D eigenvalue weighted by molar-refractivity contribution is 0.00969. The quantitative estimate of drug-likeness (QED) is 0.616. The maximum absolute atomic E-state index is 5.16. The van der Waals surface area contributed by atoms with Crippen molar-refractivity contribution < 1.29 is 9.47 Å². The van der Waals surface area contributed by atoms with Crippen molar-refractivity contribution in [3.8, 4) is 0 Å². The summed E-state index contributed by atoms with van der Waals surface area (Å²) in [5.74, 6) is 0.761. The molecule has 11 heavy (non-hydrogen) atoms. The van der Waals surface area contributed by atoms with Gasteiger partial charge in [-0.25, -0.2) is 0 Å². The first kappa shape index (κ1) is 7.88. The first-order valence-corrected chi connectivity index (χ1v) is 3.34. The van der Waals surface area contributed by atoms with Gasteiger partial charge in [0, 0.05) is 19.5 Å². The van der Waals surface area contributed by atoms with Crippen LogP contribution in [0.3, 0.4) is 0 Å². The lowest BCUT2D eigenvalue weighted by Gasteiger charge is -2.03. The zero-order chi connectivity index (χ0) is 7.94. The third kappa shape index (κ3) is 2.91. The smallest absolute Gasteiger partial charge is 0.188 e. The SMILES string of the molecule is COCOC1=CNC=CC=C1. The predicted molar refractivity (Wildman–Crippen MR) is 42.5 cm³/mol. The molecule has 0 aliphatic carbocycles. The predicted octanol–water partition coefficient (Wildman–Crippen LogP) is 1.12. The van der Waals surface area contributed by atoms with Crippen LogP contribution in [0.2, 0.25) is 0 Å². The minimum atomic E-state index is 0.276. The second-order valence-corrected chi connectivity index (χ2v) is 1.98. The Balaban J connectivity index is 2.38. The van der Waals surface area contributed by atoms with E-state index in [2.05, 4.69) is 5.32 Å². The van der Waals surface area contributed by atoms with Crippen molar-refractivity contribution in [1.29, 1.82) is 0 Å². The van der Waals surface area contributed by atoms with E-state index in [4.69, 9.17) is 9.47 Å². The molecule has 1 heterocycles. The standard InChI is InChI=1S/C8H11NO2/c1-10-7-11-8-4-2-3-5-9-6-8/h2-6,9H,7H2,1H3. The Hall–Kier alpha value is -1.22. The number of nitrogens with one attached hydrogen (secondary N) is 1. The highest BCUT2D eigenvalue weighted by Crippen LogP contribution is 2.00. The maximum atomic E-state index is 5.16. The molecule has 1 aliphatic rings. The van der Waals surface area contributed by atoms with Crippen LogP contribution in [0, 0.1) is 0 Å². The molecule has 0 fully saturated rings. The van der Waals surface area contributed by atoms with Crippen LogP contribution in [-0.2, 0) is 9.47 Å². The van der Waals surface area contributed by atoms with Gasteiger partial charge in [-0.15, -0.1) is 0 Å². The molecule has 0 atom stereocenters. The summed E-state index contributed by atoms with van der Waals surface area (Å²) in [4.78, 5) is 0. The minimum absolute atomic E-state index is 0.276. The third-order valence-electron chi connectivity index (χ3n) is 1.13. The molecule has 0 saturated carbocycles. The Kier molecular flexibility index (Phi) is 3.28. The molecule has 0 bridgehead atoms. The van der Waals surface area contributed by atoms with Crippen molar-refractivity contribution in [3.63, 3.8) is 0 Å². The highest BCUT2D eigenvalue weighted by molar-refractivity contribution is 5.20. The van der Waals surface area contributed by atoms with Crippen LogP contribution in [0.1, 0.15) is 0 Å². The molecular weight excluding hydrogens is 142 g/mol. The van der Waals surface area contributed by atoms with E-state index in [0.717, 1.165) is 5.76 Å². The normalized spacial score (nSPS) is 15.2. The van der Waals surface area contributed by atoms with Gasteiger partial charge >= 0.3 is 0 Å². The van der Waals surface area contributed by atoms with Gasteiger partial charge in [-0.2, -0.15) is 0 Å². The van der Waals surface area contributed by atoms with Gasteiger partial charge in [0.05, 0.1) is 0 Å². The van der Waals surface area contributed by atoms with E-state index in [1.807, 2.05) is 24.4 Å². The van der Waals surface area contributed by atoms with Crippen molar-refractivity contribution in [2.45, 2.75) is 0 Å². The van der Waals surface area contributed by atoms with Crippen molar-refractivity contribution in [2.75, 3.05) is 13.9 Å². The van der Waals surface area contributed by atoms with Crippen molar-refractivity contribution >= 4 is 0 Å². The van der Waals surface area contributed by atoms with Crippen molar-refractivity contribution in [1.82, 2.24) is 5.32 Å². The number of hydrogen-bond acceptors (Lipinski definition) is 3. The summed E-state index contributed by atoms with van der Waals surface area (Å²) >= 11 is 0. The van der Waals surface area contributed by atoms with Gasteiger partial charge in [0.2, 0.25) is 0 Å². The van der Waals surface area contributed by atoms with E-state index in [1.165, 1.54) is 0 Å². The second-order valence-electron chi connectivity index (χ2n) is 1.98. The topological polar surface area (TPSA) is 30.5 Å². The largest absolute Gasteiger partial charge is 0.466 e.